The molecule has 0 aromatic heterocycles. The van der Waals surface area contributed by atoms with E-state index in [9.17, 15) is 4.79 Å². The third kappa shape index (κ3) is 2.62. The Labute approximate surface area is 143 Å². The molecule has 3 rings (SSSR count). The second-order valence-corrected chi connectivity index (χ2v) is 6.35. The second-order valence-electron chi connectivity index (χ2n) is 6.35. The molecule has 0 spiro atoms. The maximum Gasteiger partial charge on any atom is 0.271 e. The molecule has 1 aliphatic heterocycles. The van der Waals surface area contributed by atoms with E-state index in [1.165, 1.54) is 5.56 Å². The van der Waals surface area contributed by atoms with Crippen molar-refractivity contribution in [2.24, 2.45) is 0 Å². The number of hydrogen-bond acceptors (Lipinski definition) is 3. The summed E-state index contributed by atoms with van der Waals surface area (Å²) in [4.78, 5) is 15.1. The van der Waals surface area contributed by atoms with Crippen molar-refractivity contribution in [2.75, 3.05) is 10.6 Å². The highest BCUT2D eigenvalue weighted by molar-refractivity contribution is 6.03. The van der Waals surface area contributed by atoms with Gasteiger partial charge in [0.05, 0.1) is 12.2 Å². The quantitative estimate of drug-likeness (QED) is 0.863. The van der Waals surface area contributed by atoms with Crippen LogP contribution in [0.25, 0.3) is 0 Å². The minimum atomic E-state index is -0.816. The van der Waals surface area contributed by atoms with Crippen molar-refractivity contribution in [1.82, 2.24) is 0 Å². The first-order chi connectivity index (χ1) is 11.5. The number of rotatable bonds is 4. The van der Waals surface area contributed by atoms with E-state index in [2.05, 4.69) is 19.1 Å². The Kier molecular flexibility index (Phi) is 4.22. The summed E-state index contributed by atoms with van der Waals surface area (Å²) in [6.07, 6.45) is 1.25. The molecule has 1 aliphatic rings. The van der Waals surface area contributed by atoms with Crippen LogP contribution in [0.5, 0.6) is 5.75 Å². The number of benzene rings is 2. The van der Waals surface area contributed by atoms with E-state index in [1.54, 1.807) is 0 Å². The molecular formula is C20H24N2O2. The van der Waals surface area contributed by atoms with Crippen LogP contribution in [-0.2, 0) is 11.3 Å². The number of nitrogens with zero attached hydrogens (tertiary/aromatic N) is 1. The third-order valence-electron chi connectivity index (χ3n) is 4.95. The van der Waals surface area contributed by atoms with E-state index in [1.807, 2.05) is 49.1 Å². The monoisotopic (exact) mass is 324 g/mol. The van der Waals surface area contributed by atoms with Gasteiger partial charge in [-0.1, -0.05) is 38.1 Å². The zero-order chi connectivity index (χ0) is 17.3. The highest BCUT2D eigenvalue weighted by Gasteiger charge is 2.45. The number of nitrogen functional groups attached to an aromatic ring is 1. The number of carbonyl (C=O) groups is 1. The van der Waals surface area contributed by atoms with E-state index >= 15 is 0 Å². The van der Waals surface area contributed by atoms with Crippen LogP contribution >= 0.6 is 0 Å². The van der Waals surface area contributed by atoms with E-state index < -0.39 is 5.60 Å². The molecule has 4 nitrogen and oxygen atoms in total. The molecule has 0 bridgehead atoms. The van der Waals surface area contributed by atoms with E-state index in [0.29, 0.717) is 30.8 Å². The first-order valence-corrected chi connectivity index (χ1v) is 8.45. The molecule has 0 radical (unpaired) electrons. The van der Waals surface area contributed by atoms with Crippen molar-refractivity contribution in [3.8, 4) is 5.75 Å². The Hall–Kier alpha value is -2.49. The topological polar surface area (TPSA) is 55.6 Å². The van der Waals surface area contributed by atoms with Crippen LogP contribution in [0.15, 0.2) is 42.5 Å². The number of anilines is 2. The predicted molar refractivity (Wildman–Crippen MR) is 97.2 cm³/mol. The van der Waals surface area contributed by atoms with Crippen molar-refractivity contribution in [3.05, 3.63) is 53.6 Å². The number of nitrogens with two attached hydrogens (primary N) is 1. The molecular weight excluding hydrogens is 300 g/mol. The van der Waals surface area contributed by atoms with Gasteiger partial charge < -0.3 is 15.4 Å². The number of amides is 1. The number of ether oxygens (including phenoxy) is 1. The molecule has 126 valence electrons. The summed E-state index contributed by atoms with van der Waals surface area (Å²) in [5, 5.41) is 0. The van der Waals surface area contributed by atoms with Crippen LogP contribution < -0.4 is 15.4 Å². The molecule has 24 heavy (non-hydrogen) atoms. The maximum absolute atomic E-state index is 13.2. The first kappa shape index (κ1) is 16.4. The largest absolute Gasteiger partial charge is 0.475 e. The lowest BCUT2D eigenvalue weighted by Gasteiger charge is -2.42. The molecule has 2 aromatic rings. The van der Waals surface area contributed by atoms with Gasteiger partial charge in [0.2, 0.25) is 0 Å². The first-order valence-electron chi connectivity index (χ1n) is 8.45. The zero-order valence-corrected chi connectivity index (χ0v) is 14.5. The van der Waals surface area contributed by atoms with Crippen LogP contribution in [0.1, 0.15) is 37.8 Å². The number of fused-ring (bicyclic) bond motifs is 1. The van der Waals surface area contributed by atoms with Gasteiger partial charge in [-0.3, -0.25) is 4.79 Å². The molecule has 2 aromatic carbocycles. The van der Waals surface area contributed by atoms with Gasteiger partial charge in [-0.2, -0.15) is 0 Å². The summed E-state index contributed by atoms with van der Waals surface area (Å²) in [6.45, 7) is 6.58. The Morgan fingerprint density at radius 3 is 2.50 bits per heavy atom. The summed E-state index contributed by atoms with van der Waals surface area (Å²) in [6, 6.07) is 13.6. The highest BCUT2D eigenvalue weighted by atomic mass is 16.5. The molecule has 0 unspecified atom stereocenters. The summed E-state index contributed by atoms with van der Waals surface area (Å²) in [5.74, 6) is 0.708. The van der Waals surface area contributed by atoms with Crippen LogP contribution in [0.4, 0.5) is 11.4 Å². The Balaban J connectivity index is 2.09. The van der Waals surface area contributed by atoms with Gasteiger partial charge in [-0.25, -0.2) is 0 Å². The molecule has 4 heteroatoms. The van der Waals surface area contributed by atoms with Gasteiger partial charge in [0, 0.05) is 11.8 Å². The molecule has 0 saturated heterocycles. The van der Waals surface area contributed by atoms with Gasteiger partial charge in [-0.05, 0) is 43.0 Å². The Bertz CT molecular complexity index is 766. The highest BCUT2D eigenvalue weighted by Crippen LogP contribution is 2.42. The molecule has 2 N–H and O–H groups in total. The van der Waals surface area contributed by atoms with Crippen molar-refractivity contribution >= 4 is 17.3 Å². The lowest BCUT2D eigenvalue weighted by molar-refractivity contribution is -0.136. The number of aryl methyl sites for hydroxylation is 1. The van der Waals surface area contributed by atoms with Crippen LogP contribution in [0, 0.1) is 6.92 Å². The molecule has 0 atom stereocenters. The van der Waals surface area contributed by atoms with Gasteiger partial charge in [0.25, 0.3) is 5.91 Å². The van der Waals surface area contributed by atoms with Crippen molar-refractivity contribution in [2.45, 2.75) is 45.8 Å². The second kappa shape index (κ2) is 6.19. The van der Waals surface area contributed by atoms with Crippen molar-refractivity contribution in [3.63, 3.8) is 0 Å². The van der Waals surface area contributed by atoms with Crippen LogP contribution in [-0.4, -0.2) is 11.5 Å². The summed E-state index contributed by atoms with van der Waals surface area (Å²) in [5.41, 5.74) is 8.85. The van der Waals surface area contributed by atoms with Gasteiger partial charge in [0.15, 0.2) is 5.60 Å². The average Bonchev–Trinajstić information content (AvgIpc) is 2.59. The van der Waals surface area contributed by atoms with E-state index in [0.717, 1.165) is 11.3 Å². The minimum Gasteiger partial charge on any atom is -0.475 e. The number of hydrogen-bond donors (Lipinski definition) is 1. The molecule has 1 heterocycles. The normalized spacial score (nSPS) is 15.8. The fraction of sp³-hybridized carbons (Fsp3) is 0.350. The lowest BCUT2D eigenvalue weighted by Crippen LogP contribution is -2.55. The van der Waals surface area contributed by atoms with Crippen LogP contribution in [0.3, 0.4) is 0 Å². The maximum atomic E-state index is 13.2. The van der Waals surface area contributed by atoms with Crippen molar-refractivity contribution < 1.29 is 9.53 Å². The minimum absolute atomic E-state index is 0.0213. The molecule has 0 fully saturated rings. The fourth-order valence-corrected chi connectivity index (χ4v) is 3.26. The molecule has 0 aliphatic carbocycles. The van der Waals surface area contributed by atoms with E-state index in [4.69, 9.17) is 10.5 Å². The van der Waals surface area contributed by atoms with Crippen LogP contribution in [0.2, 0.25) is 0 Å². The SMILES string of the molecule is CCC1(CC)Oc2cc(N)ccc2N(Cc2ccccc2C)C1=O. The van der Waals surface area contributed by atoms with Gasteiger partial charge >= 0.3 is 0 Å². The predicted octanol–water partition coefficient (Wildman–Crippen LogP) is 4.06. The van der Waals surface area contributed by atoms with E-state index in [-0.39, 0.29) is 5.91 Å². The Morgan fingerprint density at radius 2 is 1.83 bits per heavy atom. The van der Waals surface area contributed by atoms with Gasteiger partial charge in [-0.15, -0.1) is 0 Å². The standard InChI is InChI=1S/C20H24N2O2/c1-4-20(5-2)19(23)22(13-15-9-7-6-8-14(15)3)17-11-10-16(21)12-18(17)24-20/h6-12H,4-5,13,21H2,1-3H3. The summed E-state index contributed by atoms with van der Waals surface area (Å²) >= 11 is 0. The molecule has 1 amide bonds. The zero-order valence-electron chi connectivity index (χ0n) is 14.5. The summed E-state index contributed by atoms with van der Waals surface area (Å²) < 4.78 is 6.14. The third-order valence-corrected chi connectivity index (χ3v) is 4.95. The smallest absolute Gasteiger partial charge is 0.271 e. The lowest BCUT2D eigenvalue weighted by atomic mass is 9.92. The fourth-order valence-electron chi connectivity index (χ4n) is 3.26. The summed E-state index contributed by atoms with van der Waals surface area (Å²) in [7, 11) is 0. The Morgan fingerprint density at radius 1 is 1.12 bits per heavy atom. The number of carbonyl (C=O) groups excluding carboxylic acids is 1. The van der Waals surface area contributed by atoms with Crippen molar-refractivity contribution in [1.29, 1.82) is 0 Å². The average molecular weight is 324 g/mol. The van der Waals surface area contributed by atoms with Gasteiger partial charge in [0.1, 0.15) is 5.75 Å². The molecule has 0 saturated carbocycles.